The topological polar surface area (TPSA) is 0 Å². The first kappa shape index (κ1) is 43.3. The molecule has 0 saturated heterocycles. The van der Waals surface area contributed by atoms with Crippen molar-refractivity contribution in [1.29, 1.82) is 0 Å². The largest absolute Gasteiger partial charge is 0.0835 e. The van der Waals surface area contributed by atoms with Crippen LogP contribution >= 0.6 is 0 Å². The van der Waals surface area contributed by atoms with Crippen LogP contribution in [0.15, 0.2) is 169 Å². The fourth-order valence-corrected chi connectivity index (χ4v) is 8.17. The molecule has 2 aliphatic carbocycles. The van der Waals surface area contributed by atoms with Crippen molar-refractivity contribution in [3.05, 3.63) is 225 Å². The summed E-state index contributed by atoms with van der Waals surface area (Å²) in [7, 11) is 0. The van der Waals surface area contributed by atoms with Gasteiger partial charge in [-0.25, -0.2) is 0 Å². The molecule has 56 heavy (non-hydrogen) atoms. The standard InChI is InChI=1S/C26H20.C24H26.3C2H6/c1-19-10-9-13-21(18-19)26(20-11-3-2-4-12-20)24-16-7-5-14-22(24)23-15-6-8-17-25(23)26;1-4-10-22-18(3)15-16-21-17-20(5-2)23(24(21)22)14-9-13-19-11-7-6-8-12-19;3*1-2/h2-18H,1H3;5-9,11-16H,4,10,17H2,1-3H3;3*1-2H3/b;13-9-,20-5+,23-14+;;;. The molecule has 0 aliphatic heterocycles. The number of allylic oxidation sites excluding steroid dienone is 5. The van der Waals surface area contributed by atoms with Crippen LogP contribution in [0.5, 0.6) is 0 Å². The average Bonchev–Trinajstić information content (AvgIpc) is 3.78. The van der Waals surface area contributed by atoms with Gasteiger partial charge in [-0.1, -0.05) is 230 Å². The fraction of sp³-hybridized carbons (Fsp3) is 0.250. The van der Waals surface area contributed by atoms with Crippen molar-refractivity contribution in [2.45, 2.75) is 93.9 Å². The van der Waals surface area contributed by atoms with Gasteiger partial charge < -0.3 is 0 Å². The van der Waals surface area contributed by atoms with Crippen LogP contribution < -0.4 is 0 Å². The number of hydrogen-bond donors (Lipinski definition) is 0. The SMILES string of the molecule is CC.CC.CC.C\C=C1/Cc2ccc(C)c(CCC)c2/C1=C/C=C\c1ccccc1.Cc1cccc(C2(c3ccccc3)c3ccccc3-c3ccccc32)c1. The predicted octanol–water partition coefficient (Wildman–Crippen LogP) is 16.0. The molecule has 0 saturated carbocycles. The van der Waals surface area contributed by atoms with E-state index in [1.165, 1.54) is 84.3 Å². The summed E-state index contributed by atoms with van der Waals surface area (Å²) in [6.07, 6.45) is 12.4. The first-order valence-electron chi connectivity index (χ1n) is 21.1. The van der Waals surface area contributed by atoms with E-state index in [1.807, 2.05) is 41.5 Å². The number of fused-ring (bicyclic) bond motifs is 4. The predicted molar refractivity (Wildman–Crippen MR) is 249 cm³/mol. The second-order valence-electron chi connectivity index (χ2n) is 13.6. The maximum Gasteiger partial charge on any atom is 0.0713 e. The Morgan fingerprint density at radius 2 is 1.14 bits per heavy atom. The summed E-state index contributed by atoms with van der Waals surface area (Å²) in [6, 6.07) is 52.7. The molecule has 0 aromatic heterocycles. The highest BCUT2D eigenvalue weighted by Gasteiger charge is 2.45. The molecule has 0 unspecified atom stereocenters. The lowest BCUT2D eigenvalue weighted by molar-refractivity contribution is 0.767. The Morgan fingerprint density at radius 1 is 0.589 bits per heavy atom. The summed E-state index contributed by atoms with van der Waals surface area (Å²) in [4.78, 5) is 0. The minimum absolute atomic E-state index is 0.263. The van der Waals surface area contributed by atoms with Crippen LogP contribution in [-0.2, 0) is 18.3 Å². The first-order chi connectivity index (χ1) is 27.6. The van der Waals surface area contributed by atoms with Crippen LogP contribution in [0.25, 0.3) is 22.8 Å². The van der Waals surface area contributed by atoms with E-state index >= 15 is 0 Å². The molecule has 0 amide bonds. The molecule has 0 atom stereocenters. The van der Waals surface area contributed by atoms with Gasteiger partial charge in [-0.05, 0) is 106 Å². The van der Waals surface area contributed by atoms with Crippen molar-refractivity contribution in [2.75, 3.05) is 0 Å². The molecule has 288 valence electrons. The summed E-state index contributed by atoms with van der Waals surface area (Å²) in [5.41, 5.74) is 19.1. The van der Waals surface area contributed by atoms with Gasteiger partial charge in [-0.2, -0.15) is 0 Å². The zero-order chi connectivity index (χ0) is 40.5. The van der Waals surface area contributed by atoms with Crippen molar-refractivity contribution < 1.29 is 0 Å². The number of hydrogen-bond acceptors (Lipinski definition) is 0. The van der Waals surface area contributed by atoms with E-state index in [1.54, 1.807) is 0 Å². The van der Waals surface area contributed by atoms with Gasteiger partial charge in [0, 0.05) is 0 Å². The summed E-state index contributed by atoms with van der Waals surface area (Å²) >= 11 is 0. The monoisotopic (exact) mass is 737 g/mol. The van der Waals surface area contributed by atoms with Crippen molar-refractivity contribution in [1.82, 2.24) is 0 Å². The molecule has 2 aliphatic rings. The molecular weight excluding hydrogens is 673 g/mol. The highest BCUT2D eigenvalue weighted by molar-refractivity contribution is 5.89. The average molecular weight is 737 g/mol. The molecule has 8 rings (SSSR count). The Kier molecular flexibility index (Phi) is 16.7. The molecule has 0 radical (unpaired) electrons. The van der Waals surface area contributed by atoms with Crippen molar-refractivity contribution >= 4 is 11.6 Å². The van der Waals surface area contributed by atoms with Gasteiger partial charge >= 0.3 is 0 Å². The maximum atomic E-state index is 2.34. The van der Waals surface area contributed by atoms with Gasteiger partial charge in [-0.3, -0.25) is 0 Å². The molecule has 0 fully saturated rings. The van der Waals surface area contributed by atoms with Gasteiger partial charge in [0.2, 0.25) is 0 Å². The highest BCUT2D eigenvalue weighted by atomic mass is 14.5. The molecular formula is C56H64. The molecule has 0 N–H and O–H groups in total. The second kappa shape index (κ2) is 21.6. The lowest BCUT2D eigenvalue weighted by Gasteiger charge is -2.34. The van der Waals surface area contributed by atoms with E-state index in [0.717, 1.165) is 12.8 Å². The molecule has 0 heteroatoms. The molecule has 0 bridgehead atoms. The van der Waals surface area contributed by atoms with Crippen LogP contribution in [0.2, 0.25) is 0 Å². The Morgan fingerprint density at radius 3 is 1.71 bits per heavy atom. The fourth-order valence-electron chi connectivity index (χ4n) is 8.17. The Labute approximate surface area is 340 Å². The number of benzene rings is 6. The van der Waals surface area contributed by atoms with Gasteiger partial charge in [0.1, 0.15) is 0 Å². The summed E-state index contributed by atoms with van der Waals surface area (Å²) in [6.45, 7) is 20.8. The summed E-state index contributed by atoms with van der Waals surface area (Å²) < 4.78 is 0. The van der Waals surface area contributed by atoms with Gasteiger partial charge in [-0.15, -0.1) is 0 Å². The minimum Gasteiger partial charge on any atom is -0.0835 e. The molecule has 0 nitrogen and oxygen atoms in total. The molecule has 6 aromatic carbocycles. The Balaban J connectivity index is 0.000000220. The molecule has 0 spiro atoms. The molecule has 0 heterocycles. The van der Waals surface area contributed by atoms with E-state index in [0.29, 0.717) is 0 Å². The van der Waals surface area contributed by atoms with Gasteiger partial charge in [0.05, 0.1) is 5.41 Å². The van der Waals surface area contributed by atoms with Crippen molar-refractivity contribution in [3.63, 3.8) is 0 Å². The summed E-state index contributed by atoms with van der Waals surface area (Å²) in [5, 5.41) is 0. The summed E-state index contributed by atoms with van der Waals surface area (Å²) in [5.74, 6) is 0. The van der Waals surface area contributed by atoms with Gasteiger partial charge in [0.25, 0.3) is 0 Å². The lowest BCUT2D eigenvalue weighted by atomic mass is 9.67. The molecule has 6 aromatic rings. The van der Waals surface area contributed by atoms with Crippen LogP contribution in [0.3, 0.4) is 0 Å². The van der Waals surface area contributed by atoms with E-state index < -0.39 is 0 Å². The number of rotatable bonds is 6. The third-order valence-corrected chi connectivity index (χ3v) is 10.4. The third-order valence-electron chi connectivity index (χ3n) is 10.4. The van der Waals surface area contributed by atoms with Crippen molar-refractivity contribution in [3.8, 4) is 11.1 Å². The van der Waals surface area contributed by atoms with Crippen LogP contribution in [0.1, 0.15) is 117 Å². The second-order valence-corrected chi connectivity index (χ2v) is 13.6. The highest BCUT2D eigenvalue weighted by Crippen LogP contribution is 2.56. The smallest absolute Gasteiger partial charge is 0.0713 e. The minimum atomic E-state index is -0.263. The maximum absolute atomic E-state index is 2.34. The third kappa shape index (κ3) is 8.98. The van der Waals surface area contributed by atoms with E-state index in [-0.39, 0.29) is 5.41 Å². The zero-order valence-electron chi connectivity index (χ0n) is 35.8. The Hall–Kier alpha value is -5.46. The quantitative estimate of drug-likeness (QED) is 0.159. The Bertz CT molecular complexity index is 2160. The lowest BCUT2D eigenvalue weighted by Crippen LogP contribution is -2.28. The van der Waals surface area contributed by atoms with E-state index in [2.05, 4.69) is 198 Å². The van der Waals surface area contributed by atoms with Crippen LogP contribution in [-0.4, -0.2) is 0 Å². The van der Waals surface area contributed by atoms with Gasteiger partial charge in [0.15, 0.2) is 0 Å². The first-order valence-corrected chi connectivity index (χ1v) is 21.1. The van der Waals surface area contributed by atoms with Crippen LogP contribution in [0.4, 0.5) is 0 Å². The van der Waals surface area contributed by atoms with Crippen molar-refractivity contribution in [2.24, 2.45) is 0 Å². The van der Waals surface area contributed by atoms with Crippen LogP contribution in [0, 0.1) is 13.8 Å². The normalized spacial score (nSPS) is 14.1. The number of aryl methyl sites for hydroxylation is 2. The zero-order valence-corrected chi connectivity index (χ0v) is 35.8. The van der Waals surface area contributed by atoms with E-state index in [4.69, 9.17) is 0 Å². The van der Waals surface area contributed by atoms with E-state index in [9.17, 15) is 0 Å².